The molecule has 166 valence electrons. The molecule has 0 bridgehead atoms. The number of hydrogen-bond acceptors (Lipinski definition) is 7. The molecule has 2 N–H and O–H groups in total. The van der Waals surface area contributed by atoms with Gasteiger partial charge >= 0.3 is 5.97 Å². The largest absolute Gasteiger partial charge is 0.504 e. The Morgan fingerprint density at radius 2 is 1.84 bits per heavy atom. The van der Waals surface area contributed by atoms with Gasteiger partial charge in [-0.05, 0) is 56.3 Å². The van der Waals surface area contributed by atoms with E-state index >= 15 is 0 Å². The number of nitrogens with one attached hydrogen (secondary N) is 1. The number of imidazole rings is 1. The van der Waals surface area contributed by atoms with Crippen LogP contribution in [-0.4, -0.2) is 39.7 Å². The summed E-state index contributed by atoms with van der Waals surface area (Å²) in [5, 5.41) is 13.4. The highest BCUT2D eigenvalue weighted by molar-refractivity contribution is 5.91. The number of aryl methyl sites for hydroxylation is 2. The highest BCUT2D eigenvalue weighted by atomic mass is 35.5. The number of halogens is 1. The molecule has 0 saturated heterocycles. The molecule has 0 radical (unpaired) electrons. The van der Waals surface area contributed by atoms with Crippen molar-refractivity contribution in [3.05, 3.63) is 65.5 Å². The van der Waals surface area contributed by atoms with E-state index in [1.54, 1.807) is 36.4 Å². The van der Waals surface area contributed by atoms with Crippen LogP contribution in [0, 0.1) is 13.8 Å². The van der Waals surface area contributed by atoms with E-state index in [0.717, 1.165) is 17.0 Å². The second kappa shape index (κ2) is 9.15. The van der Waals surface area contributed by atoms with Crippen molar-refractivity contribution in [2.45, 2.75) is 13.8 Å². The van der Waals surface area contributed by atoms with Gasteiger partial charge in [0, 0.05) is 22.6 Å². The van der Waals surface area contributed by atoms with Gasteiger partial charge in [0.25, 0.3) is 0 Å². The van der Waals surface area contributed by atoms with Crippen molar-refractivity contribution < 1.29 is 19.4 Å². The van der Waals surface area contributed by atoms with Crippen LogP contribution in [0.5, 0.6) is 11.5 Å². The molecule has 8 nitrogen and oxygen atoms in total. The Hall–Kier alpha value is -3.78. The van der Waals surface area contributed by atoms with Crippen LogP contribution in [0.15, 0.2) is 48.5 Å². The Morgan fingerprint density at radius 3 is 2.56 bits per heavy atom. The van der Waals surface area contributed by atoms with Gasteiger partial charge in [0.15, 0.2) is 11.5 Å². The number of aromatic hydroxyl groups is 1. The number of anilines is 2. The van der Waals surface area contributed by atoms with E-state index in [-0.39, 0.29) is 18.2 Å². The minimum atomic E-state index is -0.418. The molecule has 32 heavy (non-hydrogen) atoms. The van der Waals surface area contributed by atoms with Gasteiger partial charge in [-0.3, -0.25) is 4.40 Å². The fraction of sp³-hybridized carbons (Fsp3) is 0.174. The number of carbonyl (C=O) groups is 1. The zero-order valence-corrected chi connectivity index (χ0v) is 18.9. The number of hydrogen-bond donors (Lipinski definition) is 2. The first kappa shape index (κ1) is 22.9. The molecule has 0 atom stereocenters. The molecule has 0 aliphatic carbocycles. The van der Waals surface area contributed by atoms with E-state index < -0.39 is 5.97 Å². The molecule has 2 heterocycles. The van der Waals surface area contributed by atoms with E-state index in [1.807, 2.05) is 30.4 Å². The first-order chi connectivity index (χ1) is 14.9. The molecule has 9 heteroatoms. The number of aromatic nitrogens is 3. The molecule has 0 spiro atoms. The van der Waals surface area contributed by atoms with Crippen LogP contribution in [0.3, 0.4) is 0 Å². The van der Waals surface area contributed by atoms with Crippen molar-refractivity contribution in [2.75, 3.05) is 19.5 Å². The number of carbonyl (C=O) groups excluding carboxylic acids is 1. The minimum absolute atomic E-state index is 0. The fourth-order valence-corrected chi connectivity index (χ4v) is 3.49. The van der Waals surface area contributed by atoms with Crippen LogP contribution >= 0.6 is 12.4 Å². The number of phenols is 1. The summed E-state index contributed by atoms with van der Waals surface area (Å²) in [5.41, 5.74) is 4.28. The van der Waals surface area contributed by atoms with Crippen LogP contribution in [-0.2, 0) is 4.74 Å². The Morgan fingerprint density at radius 1 is 1.06 bits per heavy atom. The van der Waals surface area contributed by atoms with Crippen molar-refractivity contribution in [1.82, 2.24) is 14.4 Å². The first-order valence-electron chi connectivity index (χ1n) is 9.60. The average molecular weight is 455 g/mol. The summed E-state index contributed by atoms with van der Waals surface area (Å²) in [5.74, 6) is 1.18. The predicted molar refractivity (Wildman–Crippen MR) is 124 cm³/mol. The van der Waals surface area contributed by atoms with Gasteiger partial charge in [0.2, 0.25) is 5.78 Å². The summed E-state index contributed by atoms with van der Waals surface area (Å²) in [6.07, 6.45) is 0. The average Bonchev–Trinajstić information content (AvgIpc) is 3.11. The van der Waals surface area contributed by atoms with Crippen LogP contribution in [0.2, 0.25) is 0 Å². The Kier molecular flexibility index (Phi) is 6.55. The highest BCUT2D eigenvalue weighted by Gasteiger charge is 2.19. The van der Waals surface area contributed by atoms with Crippen LogP contribution in [0.4, 0.5) is 11.5 Å². The van der Waals surface area contributed by atoms with E-state index in [2.05, 4.69) is 10.3 Å². The van der Waals surface area contributed by atoms with Crippen LogP contribution in [0.1, 0.15) is 21.7 Å². The summed E-state index contributed by atoms with van der Waals surface area (Å²) in [6, 6.07) is 14.0. The maximum Gasteiger partial charge on any atom is 0.337 e. The molecule has 0 amide bonds. The van der Waals surface area contributed by atoms with Gasteiger partial charge in [-0.2, -0.15) is 0 Å². The normalized spacial score (nSPS) is 10.5. The number of fused-ring (bicyclic) bond motifs is 1. The second-order valence-corrected chi connectivity index (χ2v) is 7.07. The van der Waals surface area contributed by atoms with E-state index in [0.29, 0.717) is 34.3 Å². The maximum atomic E-state index is 11.9. The predicted octanol–water partition coefficient (Wildman–Crippen LogP) is 4.68. The van der Waals surface area contributed by atoms with E-state index in [9.17, 15) is 9.90 Å². The molecule has 4 aromatic rings. The lowest BCUT2D eigenvalue weighted by molar-refractivity contribution is 0.0601. The molecule has 2 aromatic carbocycles. The Balaban J connectivity index is 0.00000289. The van der Waals surface area contributed by atoms with Gasteiger partial charge in [0.1, 0.15) is 11.5 Å². The van der Waals surface area contributed by atoms with Crippen molar-refractivity contribution >= 4 is 35.7 Å². The lowest BCUT2D eigenvalue weighted by Crippen LogP contribution is -2.04. The van der Waals surface area contributed by atoms with Crippen molar-refractivity contribution in [3.63, 3.8) is 0 Å². The molecular formula is C23H23ClN4O4. The van der Waals surface area contributed by atoms with Gasteiger partial charge in [0.05, 0.1) is 19.8 Å². The topological polar surface area (TPSA) is 98.0 Å². The SMILES string of the molecule is COC(=O)c1cccc(Nc2c(-c3ccc(O)c(OC)c3)nc3nc(C)cc(C)n23)c1.Cl. The number of nitrogens with zero attached hydrogens (tertiary/aromatic N) is 3. The highest BCUT2D eigenvalue weighted by Crippen LogP contribution is 2.36. The summed E-state index contributed by atoms with van der Waals surface area (Å²) in [4.78, 5) is 21.2. The van der Waals surface area contributed by atoms with Crippen LogP contribution < -0.4 is 10.1 Å². The van der Waals surface area contributed by atoms with Gasteiger partial charge in [-0.15, -0.1) is 12.4 Å². The number of esters is 1. The summed E-state index contributed by atoms with van der Waals surface area (Å²) >= 11 is 0. The molecule has 0 fully saturated rings. The quantitative estimate of drug-likeness (QED) is 0.422. The van der Waals surface area contributed by atoms with Gasteiger partial charge in [-0.1, -0.05) is 6.07 Å². The van der Waals surface area contributed by atoms with Crippen molar-refractivity contribution in [1.29, 1.82) is 0 Å². The third-order valence-electron chi connectivity index (χ3n) is 4.91. The second-order valence-electron chi connectivity index (χ2n) is 7.07. The van der Waals surface area contributed by atoms with Gasteiger partial charge in [-0.25, -0.2) is 14.8 Å². The molecule has 0 aliphatic heterocycles. The summed E-state index contributed by atoms with van der Waals surface area (Å²) in [6.45, 7) is 3.89. The molecule has 0 aliphatic rings. The maximum absolute atomic E-state index is 11.9. The van der Waals surface area contributed by atoms with Crippen molar-refractivity contribution in [3.8, 4) is 22.8 Å². The monoisotopic (exact) mass is 454 g/mol. The zero-order chi connectivity index (χ0) is 22.1. The fourth-order valence-electron chi connectivity index (χ4n) is 3.49. The van der Waals surface area contributed by atoms with Crippen LogP contribution in [0.25, 0.3) is 17.0 Å². The number of methoxy groups -OCH3 is 2. The number of ether oxygens (including phenoxy) is 2. The molecule has 0 unspecified atom stereocenters. The van der Waals surface area contributed by atoms with Gasteiger partial charge < -0.3 is 19.9 Å². The third-order valence-corrected chi connectivity index (χ3v) is 4.91. The number of benzene rings is 2. The van der Waals surface area contributed by atoms with E-state index in [1.165, 1.54) is 14.2 Å². The summed E-state index contributed by atoms with van der Waals surface area (Å²) < 4.78 is 12.0. The molecule has 2 aromatic heterocycles. The third kappa shape index (κ3) is 4.17. The van der Waals surface area contributed by atoms with Crippen molar-refractivity contribution in [2.24, 2.45) is 0 Å². The Bertz CT molecular complexity index is 1300. The molecular weight excluding hydrogens is 432 g/mol. The standard InChI is InChI=1S/C23H22N4O4.ClH/c1-13-10-14(2)27-21(25-17-7-5-6-16(11-17)22(29)31-4)20(26-23(27)24-13)15-8-9-18(28)19(12-15)30-3;/h5-12,25,28H,1-4H3;1H. The summed E-state index contributed by atoms with van der Waals surface area (Å²) in [7, 11) is 2.84. The zero-order valence-electron chi connectivity index (χ0n) is 18.0. The van der Waals surface area contributed by atoms with E-state index in [4.69, 9.17) is 14.5 Å². The lowest BCUT2D eigenvalue weighted by Gasteiger charge is -2.12. The number of phenolic OH excluding ortho intramolecular Hbond substituents is 1. The molecule has 0 saturated carbocycles. The molecule has 4 rings (SSSR count). The first-order valence-corrected chi connectivity index (χ1v) is 9.60. The number of rotatable bonds is 5. The smallest absolute Gasteiger partial charge is 0.337 e. The Labute approximate surface area is 191 Å². The minimum Gasteiger partial charge on any atom is -0.504 e. The lowest BCUT2D eigenvalue weighted by atomic mass is 10.1.